The van der Waals surface area contributed by atoms with E-state index in [0.717, 1.165) is 0 Å². The zero-order valence-electron chi connectivity index (χ0n) is 11.3. The highest BCUT2D eigenvalue weighted by Gasteiger charge is 2.14. The highest BCUT2D eigenvalue weighted by molar-refractivity contribution is 5.98. The average molecular weight is 286 g/mol. The summed E-state index contributed by atoms with van der Waals surface area (Å²) in [4.78, 5) is 22.7. The van der Waals surface area contributed by atoms with Crippen molar-refractivity contribution in [3.63, 3.8) is 0 Å². The molecule has 4 nitrogen and oxygen atoms in total. The molecule has 20 heavy (non-hydrogen) atoms. The van der Waals surface area contributed by atoms with E-state index >= 15 is 0 Å². The van der Waals surface area contributed by atoms with Crippen LogP contribution in [-0.2, 0) is 4.79 Å². The fourth-order valence-electron chi connectivity index (χ4n) is 1.58. The number of benzene rings is 1. The lowest BCUT2D eigenvalue weighted by atomic mass is 10.0. The van der Waals surface area contributed by atoms with Crippen molar-refractivity contribution in [2.45, 2.75) is 33.3 Å². The SMILES string of the molecule is CCOc1cc(C(=O)CCC(C)=O)ccc1OC(F)F. The summed E-state index contributed by atoms with van der Waals surface area (Å²) in [6, 6.07) is 3.99. The van der Waals surface area contributed by atoms with Gasteiger partial charge in [-0.2, -0.15) is 8.78 Å². The normalized spacial score (nSPS) is 10.4. The Balaban J connectivity index is 2.91. The molecule has 0 heterocycles. The molecule has 0 atom stereocenters. The van der Waals surface area contributed by atoms with Crippen molar-refractivity contribution in [1.29, 1.82) is 0 Å². The minimum absolute atomic E-state index is 0.0793. The maximum absolute atomic E-state index is 12.2. The molecule has 0 aliphatic carbocycles. The molecule has 1 rings (SSSR count). The van der Waals surface area contributed by atoms with Gasteiger partial charge >= 0.3 is 6.61 Å². The smallest absolute Gasteiger partial charge is 0.387 e. The Morgan fingerprint density at radius 2 is 1.90 bits per heavy atom. The molecule has 0 N–H and O–H groups in total. The van der Waals surface area contributed by atoms with E-state index in [1.165, 1.54) is 25.1 Å². The molecule has 0 amide bonds. The molecule has 0 saturated carbocycles. The van der Waals surface area contributed by atoms with E-state index in [1.807, 2.05) is 0 Å². The number of hydrogen-bond donors (Lipinski definition) is 0. The second-order valence-electron chi connectivity index (χ2n) is 4.10. The van der Waals surface area contributed by atoms with Gasteiger partial charge in [0, 0.05) is 18.4 Å². The number of ether oxygens (including phenoxy) is 2. The van der Waals surface area contributed by atoms with Gasteiger partial charge in [0.1, 0.15) is 5.78 Å². The summed E-state index contributed by atoms with van der Waals surface area (Å²) in [5, 5.41) is 0. The van der Waals surface area contributed by atoms with Crippen LogP contribution in [0.4, 0.5) is 8.78 Å². The van der Waals surface area contributed by atoms with Gasteiger partial charge in [0.15, 0.2) is 17.3 Å². The van der Waals surface area contributed by atoms with Crippen LogP contribution in [0.15, 0.2) is 18.2 Å². The van der Waals surface area contributed by atoms with Crippen LogP contribution in [0, 0.1) is 0 Å². The number of rotatable bonds is 8. The van der Waals surface area contributed by atoms with Crippen LogP contribution in [0.25, 0.3) is 0 Å². The minimum atomic E-state index is -2.96. The van der Waals surface area contributed by atoms with Gasteiger partial charge in [-0.1, -0.05) is 0 Å². The van der Waals surface area contributed by atoms with Gasteiger partial charge < -0.3 is 14.3 Å². The third-order valence-electron chi connectivity index (χ3n) is 2.49. The average Bonchev–Trinajstić information content (AvgIpc) is 2.37. The topological polar surface area (TPSA) is 52.6 Å². The molecule has 0 unspecified atom stereocenters. The van der Waals surface area contributed by atoms with Gasteiger partial charge in [-0.15, -0.1) is 0 Å². The number of carbonyl (C=O) groups excluding carboxylic acids is 2. The molecule has 0 spiro atoms. The molecule has 110 valence electrons. The number of carbonyl (C=O) groups is 2. The summed E-state index contributed by atoms with van der Waals surface area (Å²) in [6.45, 7) is 0.382. The van der Waals surface area contributed by atoms with E-state index in [0.29, 0.717) is 5.56 Å². The van der Waals surface area contributed by atoms with Crippen LogP contribution >= 0.6 is 0 Å². The van der Waals surface area contributed by atoms with E-state index in [4.69, 9.17) is 4.74 Å². The number of alkyl halides is 2. The van der Waals surface area contributed by atoms with E-state index < -0.39 is 6.61 Å². The Morgan fingerprint density at radius 1 is 1.20 bits per heavy atom. The van der Waals surface area contributed by atoms with E-state index in [9.17, 15) is 18.4 Å². The van der Waals surface area contributed by atoms with Crippen LogP contribution in [-0.4, -0.2) is 24.8 Å². The zero-order chi connectivity index (χ0) is 15.1. The minimum Gasteiger partial charge on any atom is -0.490 e. The lowest BCUT2D eigenvalue weighted by molar-refractivity contribution is -0.117. The van der Waals surface area contributed by atoms with Gasteiger partial charge in [0.05, 0.1) is 6.61 Å². The first-order chi connectivity index (χ1) is 9.43. The number of ketones is 2. The van der Waals surface area contributed by atoms with Crippen LogP contribution in [0.2, 0.25) is 0 Å². The van der Waals surface area contributed by atoms with Crippen LogP contribution in [0.1, 0.15) is 37.0 Å². The first kappa shape index (κ1) is 16.1. The maximum atomic E-state index is 12.2. The second kappa shape index (κ2) is 7.57. The highest BCUT2D eigenvalue weighted by atomic mass is 19.3. The summed E-state index contributed by atoms with van der Waals surface area (Å²) in [5.74, 6) is -0.364. The summed E-state index contributed by atoms with van der Waals surface area (Å²) >= 11 is 0. The molecule has 0 fully saturated rings. The number of halogens is 2. The van der Waals surface area contributed by atoms with Crippen molar-refractivity contribution in [2.24, 2.45) is 0 Å². The third kappa shape index (κ3) is 4.95. The van der Waals surface area contributed by atoms with Gasteiger partial charge in [-0.25, -0.2) is 0 Å². The molecule has 0 aliphatic heterocycles. The maximum Gasteiger partial charge on any atom is 0.387 e. The molecule has 0 aromatic heterocycles. The fraction of sp³-hybridized carbons (Fsp3) is 0.429. The summed E-state index contributed by atoms with van der Waals surface area (Å²) in [5.41, 5.74) is 0.302. The van der Waals surface area contributed by atoms with Crippen molar-refractivity contribution in [1.82, 2.24) is 0 Å². The molecule has 0 aliphatic rings. The van der Waals surface area contributed by atoms with Crippen molar-refractivity contribution in [2.75, 3.05) is 6.61 Å². The first-order valence-corrected chi connectivity index (χ1v) is 6.18. The van der Waals surface area contributed by atoms with Gasteiger partial charge in [0.2, 0.25) is 0 Å². The molecular weight excluding hydrogens is 270 g/mol. The fourth-order valence-corrected chi connectivity index (χ4v) is 1.58. The van der Waals surface area contributed by atoms with Crippen LogP contribution in [0.3, 0.4) is 0 Å². The largest absolute Gasteiger partial charge is 0.490 e. The lowest BCUT2D eigenvalue weighted by Crippen LogP contribution is -2.07. The van der Waals surface area contributed by atoms with Crippen molar-refractivity contribution < 1.29 is 27.8 Å². The third-order valence-corrected chi connectivity index (χ3v) is 2.49. The second-order valence-corrected chi connectivity index (χ2v) is 4.10. The Hall–Kier alpha value is -1.98. The zero-order valence-corrected chi connectivity index (χ0v) is 11.3. The highest BCUT2D eigenvalue weighted by Crippen LogP contribution is 2.30. The molecule has 0 radical (unpaired) electrons. The van der Waals surface area contributed by atoms with Gasteiger partial charge in [-0.3, -0.25) is 4.79 Å². The monoisotopic (exact) mass is 286 g/mol. The Morgan fingerprint density at radius 3 is 2.45 bits per heavy atom. The van der Waals surface area contributed by atoms with Crippen LogP contribution in [0.5, 0.6) is 11.5 Å². The van der Waals surface area contributed by atoms with Gasteiger partial charge in [0.25, 0.3) is 0 Å². The van der Waals surface area contributed by atoms with Crippen molar-refractivity contribution >= 4 is 11.6 Å². The quantitative estimate of drug-likeness (QED) is 0.688. The Bertz CT molecular complexity index is 486. The molecular formula is C14H16F2O4. The number of hydrogen-bond acceptors (Lipinski definition) is 4. The van der Waals surface area contributed by atoms with E-state index in [2.05, 4.69) is 4.74 Å². The summed E-state index contributed by atoms with van der Waals surface area (Å²) < 4.78 is 33.9. The molecule has 1 aromatic rings. The molecule has 0 bridgehead atoms. The van der Waals surface area contributed by atoms with Gasteiger partial charge in [-0.05, 0) is 32.0 Å². The molecule has 6 heteroatoms. The van der Waals surface area contributed by atoms with Crippen LogP contribution < -0.4 is 9.47 Å². The Kier molecular flexibility index (Phi) is 6.09. The van der Waals surface area contributed by atoms with Crippen molar-refractivity contribution in [3.05, 3.63) is 23.8 Å². The van der Waals surface area contributed by atoms with E-state index in [-0.39, 0.29) is 42.5 Å². The first-order valence-electron chi connectivity index (χ1n) is 6.18. The van der Waals surface area contributed by atoms with Crippen molar-refractivity contribution in [3.8, 4) is 11.5 Å². The molecule has 1 aromatic carbocycles. The Labute approximate surface area is 115 Å². The standard InChI is InChI=1S/C14H16F2O4/c1-3-19-13-8-10(11(18)6-4-9(2)17)5-7-12(13)20-14(15)16/h5,7-8,14H,3-4,6H2,1-2H3. The predicted molar refractivity (Wildman–Crippen MR) is 68.5 cm³/mol. The van der Waals surface area contributed by atoms with E-state index in [1.54, 1.807) is 6.92 Å². The molecule has 0 saturated heterocycles. The number of Topliss-reactive ketones (excluding diaryl/α,β-unsaturated/α-hetero) is 2. The predicted octanol–water partition coefficient (Wildman–Crippen LogP) is 3.24. The summed E-state index contributed by atoms with van der Waals surface area (Å²) in [7, 11) is 0. The lowest BCUT2D eigenvalue weighted by Gasteiger charge is -2.12. The summed E-state index contributed by atoms with van der Waals surface area (Å²) in [6.07, 6.45) is 0.230.